The second kappa shape index (κ2) is 10.8. The normalized spacial score (nSPS) is 13.5. The molecule has 0 aliphatic rings. The number of fused-ring (bicyclic) bond motifs is 1. The summed E-state index contributed by atoms with van der Waals surface area (Å²) in [5.41, 5.74) is 5.93. The first kappa shape index (κ1) is 23.2. The van der Waals surface area contributed by atoms with Crippen molar-refractivity contribution >= 4 is 34.7 Å². The van der Waals surface area contributed by atoms with Crippen LogP contribution in [-0.2, 0) is 12.8 Å². The SMILES string of the molecule is CC(O)Cc1ccccc1CCC(O)c1cccc(C=Cc2ccc3ccc(Cl)cc3n2)c1. The van der Waals surface area contributed by atoms with Gasteiger partial charge in [-0.05, 0) is 78.8 Å². The lowest BCUT2D eigenvalue weighted by atomic mass is 9.95. The Bertz CT molecular complexity index is 1270. The largest absolute Gasteiger partial charge is 0.393 e. The lowest BCUT2D eigenvalue weighted by molar-refractivity contribution is 0.167. The van der Waals surface area contributed by atoms with E-state index in [0.717, 1.165) is 39.7 Å². The van der Waals surface area contributed by atoms with Crippen LogP contribution < -0.4 is 0 Å². The van der Waals surface area contributed by atoms with Gasteiger partial charge in [0.15, 0.2) is 0 Å². The zero-order chi connectivity index (χ0) is 23.2. The number of rotatable bonds is 8. The summed E-state index contributed by atoms with van der Waals surface area (Å²) in [4.78, 5) is 4.66. The molecule has 0 aliphatic carbocycles. The number of benzene rings is 3. The zero-order valence-electron chi connectivity index (χ0n) is 18.7. The molecule has 3 aromatic carbocycles. The summed E-state index contributed by atoms with van der Waals surface area (Å²) in [7, 11) is 0. The molecule has 4 aromatic rings. The van der Waals surface area contributed by atoms with E-state index in [-0.39, 0.29) is 6.10 Å². The van der Waals surface area contributed by atoms with Crippen molar-refractivity contribution in [3.05, 3.63) is 112 Å². The highest BCUT2D eigenvalue weighted by molar-refractivity contribution is 6.31. The Labute approximate surface area is 200 Å². The molecule has 1 aromatic heterocycles. The lowest BCUT2D eigenvalue weighted by Gasteiger charge is -2.15. The molecule has 33 heavy (non-hydrogen) atoms. The predicted molar refractivity (Wildman–Crippen MR) is 137 cm³/mol. The summed E-state index contributed by atoms with van der Waals surface area (Å²) in [6, 6.07) is 25.8. The summed E-state index contributed by atoms with van der Waals surface area (Å²) in [5, 5.41) is 22.3. The van der Waals surface area contributed by atoms with Crippen LogP contribution >= 0.6 is 11.6 Å². The summed E-state index contributed by atoms with van der Waals surface area (Å²) in [5.74, 6) is 0. The van der Waals surface area contributed by atoms with Gasteiger partial charge in [0, 0.05) is 10.4 Å². The third-order valence-electron chi connectivity index (χ3n) is 5.74. The highest BCUT2D eigenvalue weighted by Gasteiger charge is 2.11. The van der Waals surface area contributed by atoms with Gasteiger partial charge in [-0.1, -0.05) is 72.3 Å². The second-order valence-electron chi connectivity index (χ2n) is 8.45. The predicted octanol–water partition coefficient (Wildman–Crippen LogP) is 6.65. The lowest BCUT2D eigenvalue weighted by Crippen LogP contribution is -2.08. The number of aryl methyl sites for hydroxylation is 1. The van der Waals surface area contributed by atoms with Crippen LogP contribution in [0.2, 0.25) is 5.02 Å². The first-order chi connectivity index (χ1) is 16.0. The maximum Gasteiger partial charge on any atom is 0.0793 e. The van der Waals surface area contributed by atoms with Crippen molar-refractivity contribution in [2.24, 2.45) is 0 Å². The summed E-state index contributed by atoms with van der Waals surface area (Å²) < 4.78 is 0. The molecule has 1 heterocycles. The van der Waals surface area contributed by atoms with Gasteiger partial charge >= 0.3 is 0 Å². The van der Waals surface area contributed by atoms with E-state index < -0.39 is 6.10 Å². The van der Waals surface area contributed by atoms with E-state index in [1.54, 1.807) is 6.92 Å². The van der Waals surface area contributed by atoms with Crippen molar-refractivity contribution in [2.45, 2.75) is 38.4 Å². The minimum absolute atomic E-state index is 0.381. The van der Waals surface area contributed by atoms with Gasteiger partial charge in [0.1, 0.15) is 0 Å². The van der Waals surface area contributed by atoms with Crippen LogP contribution in [0, 0.1) is 0 Å². The second-order valence-corrected chi connectivity index (χ2v) is 8.89. The van der Waals surface area contributed by atoms with Crippen LogP contribution in [0.4, 0.5) is 0 Å². The average Bonchev–Trinajstić information content (AvgIpc) is 2.81. The molecule has 0 saturated carbocycles. The maximum absolute atomic E-state index is 10.8. The molecular formula is C29H28ClNO2. The fourth-order valence-electron chi connectivity index (χ4n) is 4.03. The Kier molecular flexibility index (Phi) is 7.56. The van der Waals surface area contributed by atoms with Crippen LogP contribution in [0.5, 0.6) is 0 Å². The third-order valence-corrected chi connectivity index (χ3v) is 5.97. The number of aromatic nitrogens is 1. The van der Waals surface area contributed by atoms with Gasteiger partial charge < -0.3 is 10.2 Å². The maximum atomic E-state index is 10.8. The van der Waals surface area contributed by atoms with Crippen LogP contribution in [0.15, 0.2) is 78.9 Å². The van der Waals surface area contributed by atoms with Crippen LogP contribution in [0.1, 0.15) is 47.4 Å². The molecule has 4 rings (SSSR count). The number of halogens is 1. The molecule has 0 bridgehead atoms. The van der Waals surface area contributed by atoms with Crippen molar-refractivity contribution < 1.29 is 10.2 Å². The molecule has 2 atom stereocenters. The van der Waals surface area contributed by atoms with E-state index in [2.05, 4.69) is 17.1 Å². The topological polar surface area (TPSA) is 53.4 Å². The molecule has 0 amide bonds. The molecule has 168 valence electrons. The van der Waals surface area contributed by atoms with E-state index >= 15 is 0 Å². The minimum Gasteiger partial charge on any atom is -0.393 e. The van der Waals surface area contributed by atoms with E-state index in [9.17, 15) is 10.2 Å². The van der Waals surface area contributed by atoms with Gasteiger partial charge in [-0.15, -0.1) is 0 Å². The Morgan fingerprint density at radius 1 is 0.879 bits per heavy atom. The van der Waals surface area contributed by atoms with Gasteiger partial charge in [0.25, 0.3) is 0 Å². The Morgan fingerprint density at radius 2 is 1.67 bits per heavy atom. The Hall–Kier alpha value is -2.98. The number of aliphatic hydroxyl groups excluding tert-OH is 2. The number of pyridine rings is 1. The standard InChI is InChI=1S/C29H28ClNO2/c1-20(32)17-24-7-3-2-6-22(24)12-16-29(33)25-8-4-5-21(18-25)9-14-27-15-11-23-10-13-26(30)19-28(23)31-27/h2-11,13-15,18-20,29,32-33H,12,16-17H2,1H3. The Morgan fingerprint density at radius 3 is 2.48 bits per heavy atom. The van der Waals surface area contributed by atoms with Gasteiger partial charge in [-0.2, -0.15) is 0 Å². The highest BCUT2D eigenvalue weighted by Crippen LogP contribution is 2.23. The first-order valence-electron chi connectivity index (χ1n) is 11.3. The molecule has 2 unspecified atom stereocenters. The molecule has 0 saturated heterocycles. The van der Waals surface area contributed by atoms with Gasteiger partial charge in [-0.3, -0.25) is 0 Å². The molecule has 0 aliphatic heterocycles. The first-order valence-corrected chi connectivity index (χ1v) is 11.6. The van der Waals surface area contributed by atoms with Crippen LogP contribution in [0.3, 0.4) is 0 Å². The quantitative estimate of drug-likeness (QED) is 0.311. The summed E-state index contributed by atoms with van der Waals surface area (Å²) in [6.07, 6.45) is 5.05. The zero-order valence-corrected chi connectivity index (χ0v) is 19.4. The van der Waals surface area contributed by atoms with Crippen LogP contribution in [0.25, 0.3) is 23.1 Å². The molecular weight excluding hydrogens is 430 g/mol. The molecule has 4 heteroatoms. The number of hydrogen-bond acceptors (Lipinski definition) is 3. The number of nitrogens with zero attached hydrogens (tertiary/aromatic N) is 1. The summed E-state index contributed by atoms with van der Waals surface area (Å²) in [6.45, 7) is 1.80. The van der Waals surface area contributed by atoms with Gasteiger partial charge in [-0.25, -0.2) is 4.98 Å². The average molecular weight is 458 g/mol. The fourth-order valence-corrected chi connectivity index (χ4v) is 4.19. The van der Waals surface area contributed by atoms with Gasteiger partial charge in [0.05, 0.1) is 23.4 Å². The van der Waals surface area contributed by atoms with E-state index in [0.29, 0.717) is 17.9 Å². The van der Waals surface area contributed by atoms with Crippen molar-refractivity contribution in [1.29, 1.82) is 0 Å². The van der Waals surface area contributed by atoms with Crippen molar-refractivity contribution in [3.8, 4) is 0 Å². The monoisotopic (exact) mass is 457 g/mol. The molecule has 0 radical (unpaired) electrons. The smallest absolute Gasteiger partial charge is 0.0793 e. The van der Waals surface area contributed by atoms with Crippen LogP contribution in [-0.4, -0.2) is 21.3 Å². The summed E-state index contributed by atoms with van der Waals surface area (Å²) >= 11 is 6.09. The van der Waals surface area contributed by atoms with Crippen molar-refractivity contribution in [2.75, 3.05) is 0 Å². The highest BCUT2D eigenvalue weighted by atomic mass is 35.5. The number of aliphatic hydroxyl groups is 2. The van der Waals surface area contributed by atoms with Crippen molar-refractivity contribution in [1.82, 2.24) is 4.98 Å². The number of hydrogen-bond donors (Lipinski definition) is 2. The van der Waals surface area contributed by atoms with E-state index in [1.165, 1.54) is 5.56 Å². The molecule has 0 fully saturated rings. The molecule has 3 nitrogen and oxygen atoms in total. The van der Waals surface area contributed by atoms with Crippen molar-refractivity contribution in [3.63, 3.8) is 0 Å². The van der Waals surface area contributed by atoms with E-state index in [1.807, 2.05) is 78.9 Å². The molecule has 2 N–H and O–H groups in total. The fraction of sp³-hybridized carbons (Fsp3) is 0.207. The van der Waals surface area contributed by atoms with E-state index in [4.69, 9.17) is 11.6 Å². The van der Waals surface area contributed by atoms with Gasteiger partial charge in [0.2, 0.25) is 0 Å². The third kappa shape index (κ3) is 6.29. The minimum atomic E-state index is -0.557. The molecule has 0 spiro atoms. The Balaban J connectivity index is 1.44.